The van der Waals surface area contributed by atoms with Gasteiger partial charge in [0, 0.05) is 25.8 Å². The Morgan fingerprint density at radius 3 is 2.70 bits per heavy atom. The minimum atomic E-state index is 0.171. The summed E-state index contributed by atoms with van der Waals surface area (Å²) in [6.45, 7) is 4.64. The van der Waals surface area contributed by atoms with Gasteiger partial charge in [-0.2, -0.15) is 0 Å². The van der Waals surface area contributed by atoms with Crippen molar-refractivity contribution in [2.24, 2.45) is 0 Å². The Hall–Kier alpha value is -2.17. The minimum absolute atomic E-state index is 0.171. The van der Waals surface area contributed by atoms with E-state index in [2.05, 4.69) is 57.7 Å². The standard InChI is InChI=1S/C19H23N3O/c1-16-7-8-19-20-13-18(22(19)14-16)15-21(11-12-23)10-9-17-5-3-2-4-6-17/h2-8,13-14,23H,9-12,15H2,1H3. The zero-order chi connectivity index (χ0) is 16.1. The Bertz CT molecular complexity index is 752. The molecule has 4 heteroatoms. The van der Waals surface area contributed by atoms with Crippen molar-refractivity contribution in [2.45, 2.75) is 19.9 Å². The van der Waals surface area contributed by atoms with Gasteiger partial charge in [0.2, 0.25) is 0 Å². The molecule has 4 nitrogen and oxygen atoms in total. The molecule has 0 bridgehead atoms. The molecule has 1 N–H and O–H groups in total. The summed E-state index contributed by atoms with van der Waals surface area (Å²) in [5.41, 5.74) is 4.67. The molecular formula is C19H23N3O. The number of aromatic nitrogens is 2. The first-order valence-electron chi connectivity index (χ1n) is 8.06. The fourth-order valence-corrected chi connectivity index (χ4v) is 2.83. The van der Waals surface area contributed by atoms with Crippen LogP contribution in [0.1, 0.15) is 16.8 Å². The fraction of sp³-hybridized carbons (Fsp3) is 0.316. The normalized spacial score (nSPS) is 11.4. The van der Waals surface area contributed by atoms with Crippen molar-refractivity contribution in [3.05, 3.63) is 71.7 Å². The number of rotatable bonds is 7. The van der Waals surface area contributed by atoms with Crippen molar-refractivity contribution in [1.82, 2.24) is 14.3 Å². The number of fused-ring (bicyclic) bond motifs is 1. The van der Waals surface area contributed by atoms with Gasteiger partial charge in [0.15, 0.2) is 0 Å². The number of hydrogen-bond acceptors (Lipinski definition) is 3. The third-order valence-corrected chi connectivity index (χ3v) is 4.09. The first-order chi connectivity index (χ1) is 11.3. The summed E-state index contributed by atoms with van der Waals surface area (Å²) in [5.74, 6) is 0. The van der Waals surface area contributed by atoms with Gasteiger partial charge in [0.05, 0.1) is 18.5 Å². The van der Waals surface area contributed by atoms with Crippen LogP contribution in [0.2, 0.25) is 0 Å². The van der Waals surface area contributed by atoms with E-state index < -0.39 is 0 Å². The second-order valence-corrected chi connectivity index (χ2v) is 5.92. The molecule has 0 radical (unpaired) electrons. The van der Waals surface area contributed by atoms with Gasteiger partial charge in [-0.1, -0.05) is 36.4 Å². The lowest BCUT2D eigenvalue weighted by Crippen LogP contribution is -2.29. The molecule has 3 rings (SSSR count). The van der Waals surface area contributed by atoms with Crippen LogP contribution in [0, 0.1) is 6.92 Å². The van der Waals surface area contributed by atoms with E-state index in [9.17, 15) is 5.11 Å². The lowest BCUT2D eigenvalue weighted by Gasteiger charge is -2.21. The third kappa shape index (κ3) is 3.97. The van der Waals surface area contributed by atoms with E-state index in [0.29, 0.717) is 6.54 Å². The number of nitrogens with zero attached hydrogens (tertiary/aromatic N) is 3. The molecule has 0 saturated carbocycles. The number of hydrogen-bond donors (Lipinski definition) is 1. The van der Waals surface area contributed by atoms with E-state index >= 15 is 0 Å². The van der Waals surface area contributed by atoms with Crippen molar-refractivity contribution >= 4 is 5.65 Å². The highest BCUT2D eigenvalue weighted by atomic mass is 16.3. The minimum Gasteiger partial charge on any atom is -0.395 e. The monoisotopic (exact) mass is 309 g/mol. The summed E-state index contributed by atoms with van der Waals surface area (Å²) in [4.78, 5) is 6.74. The molecule has 0 spiro atoms. The first kappa shape index (κ1) is 15.7. The van der Waals surface area contributed by atoms with Crippen molar-refractivity contribution < 1.29 is 5.11 Å². The highest BCUT2D eigenvalue weighted by Gasteiger charge is 2.10. The van der Waals surface area contributed by atoms with Crippen molar-refractivity contribution in [3.8, 4) is 0 Å². The Morgan fingerprint density at radius 1 is 1.09 bits per heavy atom. The fourth-order valence-electron chi connectivity index (χ4n) is 2.83. The number of benzene rings is 1. The molecule has 0 saturated heterocycles. The van der Waals surface area contributed by atoms with Gasteiger partial charge < -0.3 is 9.51 Å². The first-order valence-corrected chi connectivity index (χ1v) is 8.06. The van der Waals surface area contributed by atoms with Crippen LogP contribution in [0.25, 0.3) is 5.65 Å². The smallest absolute Gasteiger partial charge is 0.136 e. The van der Waals surface area contributed by atoms with Gasteiger partial charge in [0.25, 0.3) is 0 Å². The van der Waals surface area contributed by atoms with E-state index in [-0.39, 0.29) is 6.61 Å². The maximum Gasteiger partial charge on any atom is 0.136 e. The van der Waals surface area contributed by atoms with Gasteiger partial charge in [-0.3, -0.25) is 4.90 Å². The number of aliphatic hydroxyl groups excluding tert-OH is 1. The molecule has 0 atom stereocenters. The second-order valence-electron chi connectivity index (χ2n) is 5.92. The van der Waals surface area contributed by atoms with Gasteiger partial charge in [-0.05, 0) is 30.5 Å². The average Bonchev–Trinajstić information content (AvgIpc) is 2.96. The number of pyridine rings is 1. The molecule has 0 aliphatic carbocycles. The van der Waals surface area contributed by atoms with Crippen LogP contribution in [0.5, 0.6) is 0 Å². The molecule has 0 unspecified atom stereocenters. The summed E-state index contributed by atoms with van der Waals surface area (Å²) < 4.78 is 2.14. The topological polar surface area (TPSA) is 40.8 Å². The predicted molar refractivity (Wildman–Crippen MR) is 92.4 cm³/mol. The second kappa shape index (κ2) is 7.40. The summed E-state index contributed by atoms with van der Waals surface area (Å²) in [6.07, 6.45) is 5.03. The lowest BCUT2D eigenvalue weighted by molar-refractivity contribution is 0.190. The zero-order valence-electron chi connectivity index (χ0n) is 13.5. The average molecular weight is 309 g/mol. The van der Waals surface area contributed by atoms with E-state index in [0.717, 1.165) is 30.9 Å². The van der Waals surface area contributed by atoms with Gasteiger partial charge in [-0.25, -0.2) is 4.98 Å². The Morgan fingerprint density at radius 2 is 1.91 bits per heavy atom. The highest BCUT2D eigenvalue weighted by molar-refractivity contribution is 5.41. The summed E-state index contributed by atoms with van der Waals surface area (Å²) in [7, 11) is 0. The molecule has 0 aliphatic rings. The third-order valence-electron chi connectivity index (χ3n) is 4.09. The summed E-state index contributed by atoms with van der Waals surface area (Å²) in [6, 6.07) is 14.6. The predicted octanol–water partition coefficient (Wildman–Crippen LogP) is 2.68. The number of imidazole rings is 1. The SMILES string of the molecule is Cc1ccc2ncc(CN(CCO)CCc3ccccc3)n2c1. The molecule has 2 aromatic heterocycles. The van der Waals surface area contributed by atoms with Crippen LogP contribution in [-0.4, -0.2) is 39.1 Å². The molecule has 3 aromatic rings. The van der Waals surface area contributed by atoms with Crippen LogP contribution in [-0.2, 0) is 13.0 Å². The summed E-state index contributed by atoms with van der Waals surface area (Å²) >= 11 is 0. The van der Waals surface area contributed by atoms with Gasteiger partial charge in [-0.15, -0.1) is 0 Å². The van der Waals surface area contributed by atoms with Crippen molar-refractivity contribution in [3.63, 3.8) is 0 Å². The van der Waals surface area contributed by atoms with Crippen LogP contribution in [0.3, 0.4) is 0 Å². The molecule has 2 heterocycles. The van der Waals surface area contributed by atoms with Crippen LogP contribution < -0.4 is 0 Å². The quantitative estimate of drug-likeness (QED) is 0.729. The molecular weight excluding hydrogens is 286 g/mol. The molecule has 120 valence electrons. The molecule has 1 aromatic carbocycles. The highest BCUT2D eigenvalue weighted by Crippen LogP contribution is 2.12. The van der Waals surface area contributed by atoms with Crippen molar-refractivity contribution in [2.75, 3.05) is 19.7 Å². The van der Waals surface area contributed by atoms with Crippen molar-refractivity contribution in [1.29, 1.82) is 0 Å². The van der Waals surface area contributed by atoms with E-state index in [1.165, 1.54) is 11.1 Å². The van der Waals surface area contributed by atoms with Crippen LogP contribution in [0.15, 0.2) is 54.9 Å². The Labute approximate surface area is 137 Å². The van der Waals surface area contributed by atoms with E-state index in [4.69, 9.17) is 0 Å². The molecule has 0 fully saturated rings. The molecule has 23 heavy (non-hydrogen) atoms. The number of aliphatic hydroxyl groups is 1. The van der Waals surface area contributed by atoms with E-state index in [1.54, 1.807) is 0 Å². The maximum absolute atomic E-state index is 9.36. The lowest BCUT2D eigenvalue weighted by atomic mass is 10.1. The number of aryl methyl sites for hydroxylation is 1. The van der Waals surface area contributed by atoms with Crippen LogP contribution >= 0.6 is 0 Å². The Kier molecular flexibility index (Phi) is 5.05. The molecule has 0 aliphatic heterocycles. The van der Waals surface area contributed by atoms with Gasteiger partial charge >= 0.3 is 0 Å². The summed E-state index contributed by atoms with van der Waals surface area (Å²) in [5, 5.41) is 9.36. The Balaban J connectivity index is 1.72. The van der Waals surface area contributed by atoms with Gasteiger partial charge in [0.1, 0.15) is 5.65 Å². The van der Waals surface area contributed by atoms with Crippen LogP contribution in [0.4, 0.5) is 0 Å². The molecule has 0 amide bonds. The largest absolute Gasteiger partial charge is 0.395 e. The zero-order valence-corrected chi connectivity index (χ0v) is 13.5. The maximum atomic E-state index is 9.36. The van der Waals surface area contributed by atoms with E-state index in [1.807, 2.05) is 18.3 Å².